The zero-order valence-corrected chi connectivity index (χ0v) is 11.2. The van der Waals surface area contributed by atoms with Crippen LogP contribution in [0.15, 0.2) is 59.5 Å². The number of primary amides is 1. The predicted molar refractivity (Wildman–Crippen MR) is 77.6 cm³/mol. The van der Waals surface area contributed by atoms with Gasteiger partial charge in [0.05, 0.1) is 6.61 Å². The summed E-state index contributed by atoms with van der Waals surface area (Å²) in [6.07, 6.45) is 0. The summed E-state index contributed by atoms with van der Waals surface area (Å²) >= 11 is 1.75. The van der Waals surface area contributed by atoms with Gasteiger partial charge >= 0.3 is 0 Å². The van der Waals surface area contributed by atoms with Gasteiger partial charge in [0.15, 0.2) is 0 Å². The molecular formula is C15H15NO2S. The first-order chi connectivity index (χ1) is 9.25. The van der Waals surface area contributed by atoms with Crippen LogP contribution in [0.3, 0.4) is 0 Å². The summed E-state index contributed by atoms with van der Waals surface area (Å²) in [7, 11) is 0. The highest BCUT2D eigenvalue weighted by atomic mass is 32.2. The number of rotatable bonds is 6. The van der Waals surface area contributed by atoms with E-state index < -0.39 is 5.91 Å². The van der Waals surface area contributed by atoms with Gasteiger partial charge < -0.3 is 10.5 Å². The molecule has 2 aromatic carbocycles. The first kappa shape index (κ1) is 13.5. The van der Waals surface area contributed by atoms with Crippen LogP contribution in [0, 0.1) is 0 Å². The molecule has 2 N–H and O–H groups in total. The number of benzene rings is 2. The Kier molecular flexibility index (Phi) is 4.86. The Balaban J connectivity index is 1.75. The van der Waals surface area contributed by atoms with Crippen molar-refractivity contribution in [3.63, 3.8) is 0 Å². The van der Waals surface area contributed by atoms with E-state index in [-0.39, 0.29) is 0 Å². The van der Waals surface area contributed by atoms with E-state index in [1.807, 2.05) is 18.2 Å². The fourth-order valence-corrected chi connectivity index (χ4v) is 2.30. The van der Waals surface area contributed by atoms with Crippen molar-refractivity contribution in [2.24, 2.45) is 5.73 Å². The van der Waals surface area contributed by atoms with Crippen molar-refractivity contribution in [2.75, 3.05) is 12.4 Å². The van der Waals surface area contributed by atoms with Gasteiger partial charge in [-0.05, 0) is 36.4 Å². The minimum absolute atomic E-state index is 0.425. The molecule has 0 spiro atoms. The molecule has 0 aromatic heterocycles. The molecule has 0 aliphatic heterocycles. The average Bonchev–Trinajstić information content (AvgIpc) is 2.45. The first-order valence-corrected chi connectivity index (χ1v) is 6.95. The van der Waals surface area contributed by atoms with Crippen LogP contribution < -0.4 is 10.5 Å². The van der Waals surface area contributed by atoms with Crippen LogP contribution in [0.5, 0.6) is 5.75 Å². The second-order valence-corrected chi connectivity index (χ2v) is 5.07. The lowest BCUT2D eigenvalue weighted by molar-refractivity contribution is 0.100. The highest BCUT2D eigenvalue weighted by Gasteiger charge is 2.00. The molecule has 4 heteroatoms. The number of thioether (sulfide) groups is 1. The van der Waals surface area contributed by atoms with E-state index in [0.29, 0.717) is 12.2 Å². The number of carbonyl (C=O) groups is 1. The highest BCUT2D eigenvalue weighted by molar-refractivity contribution is 7.99. The molecule has 98 valence electrons. The van der Waals surface area contributed by atoms with Crippen molar-refractivity contribution in [3.8, 4) is 5.75 Å². The van der Waals surface area contributed by atoms with Gasteiger partial charge in [0.2, 0.25) is 5.91 Å². The first-order valence-electron chi connectivity index (χ1n) is 5.96. The van der Waals surface area contributed by atoms with Gasteiger partial charge in [-0.2, -0.15) is 0 Å². The highest BCUT2D eigenvalue weighted by Crippen LogP contribution is 2.17. The standard InChI is InChI=1S/C15H15NO2S/c16-15(17)12-6-8-13(9-7-12)18-10-11-19-14-4-2-1-3-5-14/h1-9H,10-11H2,(H2,16,17). The molecule has 19 heavy (non-hydrogen) atoms. The summed E-state index contributed by atoms with van der Waals surface area (Å²) in [4.78, 5) is 12.1. The van der Waals surface area contributed by atoms with Crippen molar-refractivity contribution in [1.82, 2.24) is 0 Å². The largest absolute Gasteiger partial charge is 0.493 e. The molecule has 0 fully saturated rings. The predicted octanol–water partition coefficient (Wildman–Crippen LogP) is 2.96. The van der Waals surface area contributed by atoms with Crippen molar-refractivity contribution < 1.29 is 9.53 Å². The van der Waals surface area contributed by atoms with Gasteiger partial charge in [-0.25, -0.2) is 0 Å². The topological polar surface area (TPSA) is 52.3 Å². The van der Waals surface area contributed by atoms with Crippen LogP contribution in [0.2, 0.25) is 0 Å². The summed E-state index contributed by atoms with van der Waals surface area (Å²) in [5.41, 5.74) is 5.66. The maximum absolute atomic E-state index is 10.9. The van der Waals surface area contributed by atoms with E-state index in [4.69, 9.17) is 10.5 Å². The van der Waals surface area contributed by atoms with Gasteiger partial charge in [-0.3, -0.25) is 4.79 Å². The van der Waals surface area contributed by atoms with Gasteiger partial charge in [-0.15, -0.1) is 11.8 Å². The number of hydrogen-bond donors (Lipinski definition) is 1. The Labute approximate surface area is 116 Å². The van der Waals surface area contributed by atoms with Crippen molar-refractivity contribution in [3.05, 3.63) is 60.2 Å². The molecule has 0 bridgehead atoms. The van der Waals surface area contributed by atoms with Crippen LogP contribution in [0.25, 0.3) is 0 Å². The Bertz CT molecular complexity index is 526. The van der Waals surface area contributed by atoms with Crippen LogP contribution in [-0.2, 0) is 0 Å². The Hall–Kier alpha value is -1.94. The molecule has 3 nitrogen and oxygen atoms in total. The lowest BCUT2D eigenvalue weighted by Crippen LogP contribution is -2.10. The molecule has 0 aliphatic carbocycles. The zero-order chi connectivity index (χ0) is 13.5. The molecular weight excluding hydrogens is 258 g/mol. The summed E-state index contributed by atoms with van der Waals surface area (Å²) < 4.78 is 5.59. The van der Waals surface area contributed by atoms with E-state index in [9.17, 15) is 4.79 Å². The molecule has 0 atom stereocenters. The van der Waals surface area contributed by atoms with Gasteiger partial charge in [0.25, 0.3) is 0 Å². The number of ether oxygens (including phenoxy) is 1. The SMILES string of the molecule is NC(=O)c1ccc(OCCSc2ccccc2)cc1. The molecule has 0 unspecified atom stereocenters. The minimum atomic E-state index is -0.425. The number of nitrogens with two attached hydrogens (primary N) is 1. The second kappa shape index (κ2) is 6.85. The molecule has 0 radical (unpaired) electrons. The second-order valence-electron chi connectivity index (χ2n) is 3.90. The van der Waals surface area contributed by atoms with E-state index in [2.05, 4.69) is 12.1 Å². The monoisotopic (exact) mass is 273 g/mol. The van der Waals surface area contributed by atoms with Crippen molar-refractivity contribution in [1.29, 1.82) is 0 Å². The molecule has 0 heterocycles. The van der Waals surface area contributed by atoms with Crippen LogP contribution in [0.1, 0.15) is 10.4 Å². The molecule has 2 rings (SSSR count). The fourth-order valence-electron chi connectivity index (χ4n) is 1.55. The lowest BCUT2D eigenvalue weighted by Gasteiger charge is -2.06. The van der Waals surface area contributed by atoms with Crippen LogP contribution >= 0.6 is 11.8 Å². The van der Waals surface area contributed by atoms with E-state index >= 15 is 0 Å². The summed E-state index contributed by atoms with van der Waals surface area (Å²) in [5.74, 6) is 1.20. The van der Waals surface area contributed by atoms with E-state index in [1.54, 1.807) is 36.0 Å². The molecule has 0 saturated heterocycles. The van der Waals surface area contributed by atoms with Gasteiger partial charge in [0, 0.05) is 16.2 Å². The number of hydrogen-bond acceptors (Lipinski definition) is 3. The maximum atomic E-state index is 10.9. The maximum Gasteiger partial charge on any atom is 0.248 e. The Morgan fingerprint density at radius 1 is 1.05 bits per heavy atom. The third kappa shape index (κ3) is 4.34. The average molecular weight is 273 g/mol. The van der Waals surface area contributed by atoms with Gasteiger partial charge in [0.1, 0.15) is 5.75 Å². The lowest BCUT2D eigenvalue weighted by atomic mass is 10.2. The van der Waals surface area contributed by atoms with Crippen LogP contribution in [-0.4, -0.2) is 18.3 Å². The fraction of sp³-hybridized carbons (Fsp3) is 0.133. The number of carbonyl (C=O) groups excluding carboxylic acids is 1. The molecule has 1 amide bonds. The molecule has 0 saturated carbocycles. The summed E-state index contributed by atoms with van der Waals surface area (Å²) in [5, 5.41) is 0. The summed E-state index contributed by atoms with van der Waals surface area (Å²) in [6, 6.07) is 17.0. The Morgan fingerprint density at radius 3 is 2.37 bits per heavy atom. The summed E-state index contributed by atoms with van der Waals surface area (Å²) in [6.45, 7) is 0.621. The van der Waals surface area contributed by atoms with Crippen molar-refractivity contribution >= 4 is 17.7 Å². The Morgan fingerprint density at radius 2 is 1.74 bits per heavy atom. The zero-order valence-electron chi connectivity index (χ0n) is 10.4. The quantitative estimate of drug-likeness (QED) is 0.650. The van der Waals surface area contributed by atoms with E-state index in [1.165, 1.54) is 4.90 Å². The minimum Gasteiger partial charge on any atom is -0.493 e. The normalized spacial score (nSPS) is 10.1. The smallest absolute Gasteiger partial charge is 0.248 e. The van der Waals surface area contributed by atoms with Crippen LogP contribution in [0.4, 0.5) is 0 Å². The molecule has 0 aliphatic rings. The van der Waals surface area contributed by atoms with Gasteiger partial charge in [-0.1, -0.05) is 18.2 Å². The third-order valence-electron chi connectivity index (χ3n) is 2.50. The number of amides is 1. The molecule has 2 aromatic rings. The third-order valence-corrected chi connectivity index (χ3v) is 3.48. The van der Waals surface area contributed by atoms with E-state index in [0.717, 1.165) is 11.5 Å². The van der Waals surface area contributed by atoms with Crippen molar-refractivity contribution in [2.45, 2.75) is 4.90 Å².